The molecule has 2 rings (SSSR count). The van der Waals surface area contributed by atoms with Gasteiger partial charge in [0.1, 0.15) is 0 Å². The first-order valence-corrected chi connectivity index (χ1v) is 5.46. The second kappa shape index (κ2) is 4.08. The van der Waals surface area contributed by atoms with Crippen molar-refractivity contribution in [2.24, 2.45) is 0 Å². The quantitative estimate of drug-likeness (QED) is 0.801. The first-order valence-electron chi connectivity index (χ1n) is 4.38. The first kappa shape index (κ1) is 9.64. The minimum Gasteiger partial charge on any atom is -0.339 e. The average molecular weight is 300 g/mol. The predicted molar refractivity (Wildman–Crippen MR) is 61.8 cm³/mol. The van der Waals surface area contributed by atoms with Crippen molar-refractivity contribution < 1.29 is 4.52 Å². The number of benzene rings is 1. The number of hydrogen-bond acceptors (Lipinski definition) is 3. The highest BCUT2D eigenvalue weighted by atomic mass is 127. The largest absolute Gasteiger partial charge is 0.339 e. The molecule has 72 valence electrons. The van der Waals surface area contributed by atoms with E-state index in [1.807, 2.05) is 31.2 Å². The summed E-state index contributed by atoms with van der Waals surface area (Å²) in [5.41, 5.74) is 0.994. The van der Waals surface area contributed by atoms with E-state index in [1.54, 1.807) is 0 Å². The van der Waals surface area contributed by atoms with E-state index in [4.69, 9.17) is 4.52 Å². The van der Waals surface area contributed by atoms with E-state index >= 15 is 0 Å². The van der Waals surface area contributed by atoms with Crippen LogP contribution in [0.4, 0.5) is 0 Å². The Balaban J connectivity index is 2.34. The monoisotopic (exact) mass is 300 g/mol. The Morgan fingerprint density at radius 1 is 1.29 bits per heavy atom. The van der Waals surface area contributed by atoms with Crippen molar-refractivity contribution in [1.82, 2.24) is 10.1 Å². The third-order valence-electron chi connectivity index (χ3n) is 1.87. The average Bonchev–Trinajstić information content (AvgIpc) is 2.67. The highest BCUT2D eigenvalue weighted by molar-refractivity contribution is 14.1. The van der Waals surface area contributed by atoms with E-state index < -0.39 is 0 Å². The zero-order valence-electron chi connectivity index (χ0n) is 7.70. The van der Waals surface area contributed by atoms with Gasteiger partial charge in [0, 0.05) is 15.6 Å². The molecule has 0 aliphatic rings. The summed E-state index contributed by atoms with van der Waals surface area (Å²) in [7, 11) is 0. The van der Waals surface area contributed by atoms with Crippen LogP contribution in [0.5, 0.6) is 0 Å². The van der Waals surface area contributed by atoms with Crippen LogP contribution in [0, 0.1) is 3.57 Å². The minimum atomic E-state index is 0.665. The number of rotatable bonds is 2. The van der Waals surface area contributed by atoms with E-state index in [0.717, 1.165) is 12.0 Å². The molecule has 0 bridgehead atoms. The minimum absolute atomic E-state index is 0.665. The van der Waals surface area contributed by atoms with Crippen molar-refractivity contribution in [3.05, 3.63) is 33.7 Å². The molecule has 0 unspecified atom stereocenters. The number of aryl methyl sites for hydroxylation is 1. The lowest BCUT2D eigenvalue weighted by Gasteiger charge is -1.93. The molecule has 0 amide bonds. The van der Waals surface area contributed by atoms with Gasteiger partial charge in [-0.05, 0) is 34.7 Å². The molecule has 0 saturated carbocycles. The second-order valence-electron chi connectivity index (χ2n) is 2.87. The summed E-state index contributed by atoms with van der Waals surface area (Å²) in [5.74, 6) is 1.34. The molecule has 0 aliphatic heterocycles. The molecule has 3 nitrogen and oxygen atoms in total. The zero-order valence-corrected chi connectivity index (χ0v) is 9.85. The van der Waals surface area contributed by atoms with Crippen molar-refractivity contribution in [2.75, 3.05) is 0 Å². The smallest absolute Gasteiger partial charge is 0.226 e. The van der Waals surface area contributed by atoms with Gasteiger partial charge in [-0.2, -0.15) is 4.98 Å². The summed E-state index contributed by atoms with van der Waals surface area (Å²) in [6.07, 6.45) is 0.775. The maximum Gasteiger partial charge on any atom is 0.226 e. The number of aromatic nitrogens is 2. The van der Waals surface area contributed by atoms with Crippen LogP contribution in [0.25, 0.3) is 11.4 Å². The predicted octanol–water partition coefficient (Wildman–Crippen LogP) is 2.90. The fraction of sp³-hybridized carbons (Fsp3) is 0.200. The standard InChI is InChI=1S/C10H9IN2O/c1-2-9-12-10(13-14-9)7-3-5-8(11)6-4-7/h3-6H,2H2,1H3. The summed E-state index contributed by atoms with van der Waals surface area (Å²) in [6, 6.07) is 8.04. The van der Waals surface area contributed by atoms with Crippen molar-refractivity contribution in [1.29, 1.82) is 0 Å². The Kier molecular flexibility index (Phi) is 2.81. The second-order valence-corrected chi connectivity index (χ2v) is 4.12. The number of nitrogens with zero attached hydrogens (tertiary/aromatic N) is 2. The van der Waals surface area contributed by atoms with E-state index in [1.165, 1.54) is 3.57 Å². The molecule has 1 heterocycles. The van der Waals surface area contributed by atoms with Gasteiger partial charge in [0.2, 0.25) is 11.7 Å². The Morgan fingerprint density at radius 3 is 2.57 bits per heavy atom. The SMILES string of the molecule is CCc1nc(-c2ccc(I)cc2)no1. The number of hydrogen-bond donors (Lipinski definition) is 0. The molecule has 0 fully saturated rings. The summed E-state index contributed by atoms with van der Waals surface area (Å²) in [5, 5.41) is 3.90. The van der Waals surface area contributed by atoms with Crippen LogP contribution in [0.15, 0.2) is 28.8 Å². The molecule has 0 spiro atoms. The van der Waals surface area contributed by atoms with Gasteiger partial charge in [0.15, 0.2) is 0 Å². The molecular formula is C10H9IN2O. The summed E-state index contributed by atoms with van der Waals surface area (Å²) in [6.45, 7) is 1.99. The van der Waals surface area contributed by atoms with Gasteiger partial charge in [0.25, 0.3) is 0 Å². The van der Waals surface area contributed by atoms with E-state index in [-0.39, 0.29) is 0 Å². The van der Waals surface area contributed by atoms with Crippen LogP contribution < -0.4 is 0 Å². The van der Waals surface area contributed by atoms with Gasteiger partial charge in [-0.25, -0.2) is 0 Å². The van der Waals surface area contributed by atoms with Gasteiger partial charge in [0.05, 0.1) is 0 Å². The maximum absolute atomic E-state index is 5.04. The molecule has 0 radical (unpaired) electrons. The summed E-state index contributed by atoms with van der Waals surface area (Å²) >= 11 is 2.26. The van der Waals surface area contributed by atoms with Crippen molar-refractivity contribution in [2.45, 2.75) is 13.3 Å². The fourth-order valence-corrected chi connectivity index (χ4v) is 1.47. The molecule has 0 aliphatic carbocycles. The molecular weight excluding hydrogens is 291 g/mol. The Hall–Kier alpha value is -0.910. The Morgan fingerprint density at radius 2 is 2.00 bits per heavy atom. The van der Waals surface area contributed by atoms with Crippen LogP contribution in [0.2, 0.25) is 0 Å². The first-order chi connectivity index (χ1) is 6.79. The topological polar surface area (TPSA) is 38.9 Å². The Bertz CT molecular complexity index is 422. The molecule has 2 aromatic rings. The molecule has 0 atom stereocenters. The van der Waals surface area contributed by atoms with Crippen LogP contribution in [0.3, 0.4) is 0 Å². The van der Waals surface area contributed by atoms with Crippen LogP contribution in [-0.4, -0.2) is 10.1 Å². The molecule has 1 aromatic carbocycles. The molecule has 14 heavy (non-hydrogen) atoms. The van der Waals surface area contributed by atoms with Crippen molar-refractivity contribution >= 4 is 22.6 Å². The molecule has 4 heteroatoms. The lowest BCUT2D eigenvalue weighted by molar-refractivity contribution is 0.383. The number of halogens is 1. The van der Waals surface area contributed by atoms with Crippen molar-refractivity contribution in [3.8, 4) is 11.4 Å². The lowest BCUT2D eigenvalue weighted by Crippen LogP contribution is -1.82. The summed E-state index contributed by atoms with van der Waals surface area (Å²) in [4.78, 5) is 4.25. The lowest BCUT2D eigenvalue weighted by atomic mass is 10.2. The van der Waals surface area contributed by atoms with Crippen LogP contribution >= 0.6 is 22.6 Å². The van der Waals surface area contributed by atoms with Gasteiger partial charge in [-0.3, -0.25) is 0 Å². The maximum atomic E-state index is 5.04. The molecule has 0 saturated heterocycles. The van der Waals surface area contributed by atoms with E-state index in [0.29, 0.717) is 11.7 Å². The van der Waals surface area contributed by atoms with E-state index in [2.05, 4.69) is 32.7 Å². The van der Waals surface area contributed by atoms with Gasteiger partial charge in [-0.15, -0.1) is 0 Å². The van der Waals surface area contributed by atoms with E-state index in [9.17, 15) is 0 Å². The third kappa shape index (κ3) is 1.95. The molecule has 0 N–H and O–H groups in total. The molecule has 1 aromatic heterocycles. The van der Waals surface area contributed by atoms with Gasteiger partial charge < -0.3 is 4.52 Å². The third-order valence-corrected chi connectivity index (χ3v) is 2.59. The van der Waals surface area contributed by atoms with Gasteiger partial charge in [-0.1, -0.05) is 24.2 Å². The Labute approximate surface area is 95.7 Å². The van der Waals surface area contributed by atoms with Crippen LogP contribution in [-0.2, 0) is 6.42 Å². The summed E-state index contributed by atoms with van der Waals surface area (Å²) < 4.78 is 6.24. The zero-order chi connectivity index (χ0) is 9.97. The van der Waals surface area contributed by atoms with Crippen molar-refractivity contribution in [3.63, 3.8) is 0 Å². The van der Waals surface area contributed by atoms with Crippen LogP contribution in [0.1, 0.15) is 12.8 Å². The highest BCUT2D eigenvalue weighted by Crippen LogP contribution is 2.17. The highest BCUT2D eigenvalue weighted by Gasteiger charge is 2.05. The fourth-order valence-electron chi connectivity index (χ4n) is 1.11. The normalized spacial score (nSPS) is 10.4. The van der Waals surface area contributed by atoms with Gasteiger partial charge >= 0.3 is 0 Å².